The van der Waals surface area contributed by atoms with Crippen LogP contribution in [-0.2, 0) is 14.8 Å². The van der Waals surface area contributed by atoms with Crippen LogP contribution in [0.1, 0.15) is 40.5 Å². The van der Waals surface area contributed by atoms with Crippen LogP contribution in [-0.4, -0.2) is 61.8 Å². The molecule has 0 unspecified atom stereocenters. The second-order valence-electron chi connectivity index (χ2n) is 7.85. The number of sulfonamides is 1. The molecule has 8 heteroatoms. The first-order valence-electron chi connectivity index (χ1n) is 9.92. The molecule has 1 saturated heterocycles. The van der Waals surface area contributed by atoms with Gasteiger partial charge in [-0.1, -0.05) is 11.6 Å². The van der Waals surface area contributed by atoms with Crippen molar-refractivity contribution < 1.29 is 13.2 Å². The van der Waals surface area contributed by atoms with Gasteiger partial charge in [-0.25, -0.2) is 8.42 Å². The lowest BCUT2D eigenvalue weighted by atomic mass is 9.97. The monoisotopic (exact) mass is 429 g/mol. The van der Waals surface area contributed by atoms with E-state index in [0.29, 0.717) is 49.6 Å². The number of piperidine rings is 1. The van der Waals surface area contributed by atoms with Crippen LogP contribution in [0.25, 0.3) is 0 Å². The molecule has 0 radical (unpaired) electrons. The largest absolute Gasteiger partial charge is 0.355 e. The number of nitrogens with zero attached hydrogens (tertiary/aromatic N) is 2. The molecular weight excluding hydrogens is 398 g/mol. The van der Waals surface area contributed by atoms with E-state index in [-0.39, 0.29) is 16.7 Å². The molecule has 0 atom stereocenters. The molecule has 0 aliphatic carbocycles. The Hall–Kier alpha value is -1.15. The van der Waals surface area contributed by atoms with Crippen LogP contribution in [0.5, 0.6) is 0 Å². The van der Waals surface area contributed by atoms with Crippen LogP contribution < -0.4 is 5.32 Å². The quantitative estimate of drug-likeness (QED) is 0.689. The van der Waals surface area contributed by atoms with Crippen molar-refractivity contribution in [2.45, 2.75) is 57.5 Å². The van der Waals surface area contributed by atoms with E-state index in [2.05, 4.69) is 37.9 Å². The van der Waals surface area contributed by atoms with Crippen LogP contribution in [0.15, 0.2) is 29.2 Å². The SMILES string of the molecule is CC(C)N(CCNC(=O)C1CCN(S(=O)(=O)c2ccc(Cl)cc2)CC1)C(C)C. The topological polar surface area (TPSA) is 69.7 Å². The van der Waals surface area contributed by atoms with Crippen molar-refractivity contribution in [3.05, 3.63) is 29.3 Å². The second kappa shape index (κ2) is 10.1. The average Bonchev–Trinajstić information content (AvgIpc) is 2.65. The standard InChI is InChI=1S/C20H32ClN3O3S/c1-15(2)24(16(3)4)14-11-22-20(25)17-9-12-23(13-10-17)28(26,27)19-7-5-18(21)6-8-19/h5-8,15-17H,9-14H2,1-4H3,(H,22,25). The number of carbonyl (C=O) groups is 1. The van der Waals surface area contributed by atoms with Gasteiger partial charge in [0.15, 0.2) is 0 Å². The smallest absolute Gasteiger partial charge is 0.243 e. The number of nitrogens with one attached hydrogen (secondary N) is 1. The molecule has 1 aromatic carbocycles. The van der Waals surface area contributed by atoms with E-state index in [4.69, 9.17) is 11.6 Å². The summed E-state index contributed by atoms with van der Waals surface area (Å²) in [6.07, 6.45) is 1.08. The third kappa shape index (κ3) is 5.92. The lowest BCUT2D eigenvalue weighted by Crippen LogP contribution is -2.46. The highest BCUT2D eigenvalue weighted by Gasteiger charge is 2.32. The second-order valence-corrected chi connectivity index (χ2v) is 10.2. The fourth-order valence-corrected chi connectivity index (χ4v) is 5.27. The number of halogens is 1. The minimum absolute atomic E-state index is 0.0241. The number of rotatable bonds is 8. The van der Waals surface area contributed by atoms with Crippen LogP contribution in [0, 0.1) is 5.92 Å². The van der Waals surface area contributed by atoms with E-state index >= 15 is 0 Å². The molecule has 1 heterocycles. The summed E-state index contributed by atoms with van der Waals surface area (Å²) in [6.45, 7) is 10.7. The molecule has 0 aromatic heterocycles. The maximum atomic E-state index is 12.7. The van der Waals surface area contributed by atoms with Crippen molar-refractivity contribution in [3.8, 4) is 0 Å². The Labute approximate surface area is 174 Å². The molecular formula is C20H32ClN3O3S. The minimum Gasteiger partial charge on any atom is -0.355 e. The third-order valence-corrected chi connectivity index (χ3v) is 7.44. The van der Waals surface area contributed by atoms with Crippen molar-refractivity contribution in [1.82, 2.24) is 14.5 Å². The van der Waals surface area contributed by atoms with E-state index in [1.54, 1.807) is 12.1 Å². The number of amides is 1. The van der Waals surface area contributed by atoms with Crippen LogP contribution in [0.2, 0.25) is 5.02 Å². The zero-order valence-electron chi connectivity index (χ0n) is 17.2. The number of hydrogen-bond acceptors (Lipinski definition) is 4. The fraction of sp³-hybridized carbons (Fsp3) is 0.650. The van der Waals surface area contributed by atoms with Gasteiger partial charge in [-0.05, 0) is 64.8 Å². The van der Waals surface area contributed by atoms with Gasteiger partial charge in [-0.3, -0.25) is 9.69 Å². The molecule has 158 valence electrons. The Morgan fingerprint density at radius 2 is 1.68 bits per heavy atom. The van der Waals surface area contributed by atoms with E-state index in [9.17, 15) is 13.2 Å². The maximum Gasteiger partial charge on any atom is 0.243 e. The van der Waals surface area contributed by atoms with E-state index in [1.165, 1.54) is 16.4 Å². The third-order valence-electron chi connectivity index (χ3n) is 5.27. The molecule has 1 amide bonds. The Balaban J connectivity index is 1.84. The van der Waals surface area contributed by atoms with Gasteiger partial charge in [-0.2, -0.15) is 4.31 Å². The van der Waals surface area contributed by atoms with Gasteiger partial charge in [-0.15, -0.1) is 0 Å². The normalized spacial score (nSPS) is 16.9. The van der Waals surface area contributed by atoms with Gasteiger partial charge in [0.1, 0.15) is 0 Å². The molecule has 1 N–H and O–H groups in total. The summed E-state index contributed by atoms with van der Waals surface area (Å²) in [6, 6.07) is 7.05. The molecule has 1 aromatic rings. The molecule has 0 saturated carbocycles. The van der Waals surface area contributed by atoms with Crippen molar-refractivity contribution in [2.24, 2.45) is 5.92 Å². The summed E-state index contributed by atoms with van der Waals surface area (Å²) in [5.41, 5.74) is 0. The van der Waals surface area contributed by atoms with Crippen LogP contribution in [0.3, 0.4) is 0 Å². The van der Waals surface area contributed by atoms with E-state index < -0.39 is 10.0 Å². The lowest BCUT2D eigenvalue weighted by Gasteiger charge is -2.32. The highest BCUT2D eigenvalue weighted by molar-refractivity contribution is 7.89. The van der Waals surface area contributed by atoms with Crippen molar-refractivity contribution >= 4 is 27.5 Å². The highest BCUT2D eigenvalue weighted by Crippen LogP contribution is 2.24. The van der Waals surface area contributed by atoms with Gasteiger partial charge in [0.25, 0.3) is 0 Å². The number of benzene rings is 1. The molecule has 1 aliphatic heterocycles. The molecule has 0 spiro atoms. The summed E-state index contributed by atoms with van der Waals surface area (Å²) in [5.74, 6) is -0.112. The Morgan fingerprint density at radius 3 is 2.18 bits per heavy atom. The van der Waals surface area contributed by atoms with E-state index in [0.717, 1.165) is 6.54 Å². The summed E-state index contributed by atoms with van der Waals surface area (Å²) >= 11 is 5.84. The van der Waals surface area contributed by atoms with Gasteiger partial charge < -0.3 is 5.32 Å². The maximum absolute atomic E-state index is 12.7. The fourth-order valence-electron chi connectivity index (χ4n) is 3.68. The minimum atomic E-state index is -3.54. The van der Waals surface area contributed by atoms with Crippen molar-refractivity contribution in [3.63, 3.8) is 0 Å². The predicted molar refractivity (Wildman–Crippen MR) is 113 cm³/mol. The molecule has 0 bridgehead atoms. The molecule has 2 rings (SSSR count). The predicted octanol–water partition coefficient (Wildman–Crippen LogP) is 2.98. The Bertz CT molecular complexity index is 734. The molecule has 6 nitrogen and oxygen atoms in total. The van der Waals surface area contributed by atoms with Gasteiger partial charge in [0, 0.05) is 49.2 Å². The summed E-state index contributed by atoms with van der Waals surface area (Å²) in [4.78, 5) is 15.0. The van der Waals surface area contributed by atoms with Crippen molar-refractivity contribution in [1.29, 1.82) is 0 Å². The summed E-state index contributed by atoms with van der Waals surface area (Å²) in [5, 5.41) is 3.52. The van der Waals surface area contributed by atoms with Crippen LogP contribution >= 0.6 is 11.6 Å². The average molecular weight is 430 g/mol. The van der Waals surface area contributed by atoms with E-state index in [1.807, 2.05) is 0 Å². The number of hydrogen-bond donors (Lipinski definition) is 1. The summed E-state index contributed by atoms with van der Waals surface area (Å²) in [7, 11) is -3.54. The Morgan fingerprint density at radius 1 is 1.14 bits per heavy atom. The molecule has 28 heavy (non-hydrogen) atoms. The molecule has 1 fully saturated rings. The van der Waals surface area contributed by atoms with Crippen molar-refractivity contribution in [2.75, 3.05) is 26.2 Å². The molecule has 1 aliphatic rings. The van der Waals surface area contributed by atoms with Gasteiger partial charge in [0.05, 0.1) is 4.90 Å². The summed E-state index contributed by atoms with van der Waals surface area (Å²) < 4.78 is 26.9. The van der Waals surface area contributed by atoms with Gasteiger partial charge >= 0.3 is 0 Å². The van der Waals surface area contributed by atoms with Gasteiger partial charge in [0.2, 0.25) is 15.9 Å². The highest BCUT2D eigenvalue weighted by atomic mass is 35.5. The first-order chi connectivity index (χ1) is 13.1. The zero-order valence-corrected chi connectivity index (χ0v) is 18.8. The number of carbonyl (C=O) groups excluding carboxylic acids is 1. The van der Waals surface area contributed by atoms with Crippen LogP contribution in [0.4, 0.5) is 0 Å². The Kier molecular flexibility index (Phi) is 8.30. The first kappa shape index (κ1) is 23.1. The first-order valence-corrected chi connectivity index (χ1v) is 11.7. The zero-order chi connectivity index (χ0) is 20.9. The lowest BCUT2D eigenvalue weighted by molar-refractivity contribution is -0.126.